The van der Waals surface area contributed by atoms with Crippen LogP contribution in [-0.2, 0) is 4.74 Å². The number of nitro benzene ring substituents is 1. The fourth-order valence-electron chi connectivity index (χ4n) is 1.23. The average molecular weight is 281 g/mol. The van der Waals surface area contributed by atoms with Crippen LogP contribution in [0.5, 0.6) is 5.75 Å². The molecule has 1 amide bonds. The maximum absolute atomic E-state index is 11.3. The van der Waals surface area contributed by atoms with Crippen molar-refractivity contribution in [2.45, 2.75) is 26.4 Å². The summed E-state index contributed by atoms with van der Waals surface area (Å²) in [5.74, 6) is -0.438. The number of phenols is 1. The van der Waals surface area contributed by atoms with E-state index in [2.05, 4.69) is 10.5 Å². The molecule has 20 heavy (non-hydrogen) atoms. The van der Waals surface area contributed by atoms with Crippen LogP contribution in [0.2, 0.25) is 0 Å². The van der Waals surface area contributed by atoms with E-state index >= 15 is 0 Å². The molecule has 0 saturated carbocycles. The summed E-state index contributed by atoms with van der Waals surface area (Å²) in [5.41, 5.74) is 1.40. The lowest BCUT2D eigenvalue weighted by molar-refractivity contribution is -0.385. The van der Waals surface area contributed by atoms with Gasteiger partial charge in [0.05, 0.1) is 11.1 Å². The van der Waals surface area contributed by atoms with Crippen LogP contribution < -0.4 is 5.43 Å². The zero-order chi connectivity index (χ0) is 15.3. The molecular weight excluding hydrogens is 266 g/mol. The fraction of sp³-hybridized carbons (Fsp3) is 0.333. The summed E-state index contributed by atoms with van der Waals surface area (Å²) in [6.07, 6.45) is 0.470. The zero-order valence-electron chi connectivity index (χ0n) is 11.3. The number of carbonyl (C=O) groups is 1. The van der Waals surface area contributed by atoms with Gasteiger partial charge in [0.15, 0.2) is 5.75 Å². The van der Waals surface area contributed by atoms with Crippen molar-refractivity contribution in [3.8, 4) is 5.75 Å². The normalized spacial score (nSPS) is 11.3. The fourth-order valence-corrected chi connectivity index (χ4v) is 1.23. The summed E-state index contributed by atoms with van der Waals surface area (Å²) in [7, 11) is 0. The highest BCUT2D eigenvalue weighted by Crippen LogP contribution is 2.25. The summed E-state index contributed by atoms with van der Waals surface area (Å²) in [4.78, 5) is 21.2. The van der Waals surface area contributed by atoms with Crippen LogP contribution >= 0.6 is 0 Å². The minimum Gasteiger partial charge on any atom is -0.502 e. The summed E-state index contributed by atoms with van der Waals surface area (Å²) >= 11 is 0. The molecule has 1 aromatic rings. The summed E-state index contributed by atoms with van der Waals surface area (Å²) in [6.45, 7) is 5.12. The van der Waals surface area contributed by atoms with Gasteiger partial charge >= 0.3 is 11.8 Å². The SMILES string of the molecule is CC(C)(C)OC(=O)N/N=C/c1ccc(O)c([N+](=O)[O-])c1. The number of nitrogens with zero attached hydrogens (tertiary/aromatic N) is 2. The number of benzene rings is 1. The molecule has 0 unspecified atom stereocenters. The quantitative estimate of drug-likeness (QED) is 0.500. The van der Waals surface area contributed by atoms with Crippen molar-refractivity contribution in [2.75, 3.05) is 0 Å². The van der Waals surface area contributed by atoms with E-state index in [1.54, 1.807) is 20.8 Å². The van der Waals surface area contributed by atoms with E-state index in [-0.39, 0.29) is 0 Å². The van der Waals surface area contributed by atoms with Crippen molar-refractivity contribution < 1.29 is 19.6 Å². The van der Waals surface area contributed by atoms with Gasteiger partial charge in [-0.05, 0) is 32.9 Å². The molecule has 0 atom stereocenters. The average Bonchev–Trinajstić information content (AvgIpc) is 2.28. The second kappa shape index (κ2) is 6.00. The topological polar surface area (TPSA) is 114 Å². The van der Waals surface area contributed by atoms with Gasteiger partial charge in [-0.15, -0.1) is 0 Å². The van der Waals surface area contributed by atoms with Gasteiger partial charge in [0.2, 0.25) is 0 Å². The number of rotatable bonds is 3. The van der Waals surface area contributed by atoms with Crippen LogP contribution in [0.4, 0.5) is 10.5 Å². The van der Waals surface area contributed by atoms with Crippen molar-refractivity contribution in [2.24, 2.45) is 5.10 Å². The van der Waals surface area contributed by atoms with E-state index in [1.165, 1.54) is 18.3 Å². The molecule has 2 N–H and O–H groups in total. The first-order valence-electron chi connectivity index (χ1n) is 5.68. The third-order valence-corrected chi connectivity index (χ3v) is 1.96. The lowest BCUT2D eigenvalue weighted by Gasteiger charge is -2.18. The lowest BCUT2D eigenvalue weighted by Crippen LogP contribution is -2.29. The number of phenolic OH excluding ortho intramolecular Hbond substituents is 1. The van der Waals surface area contributed by atoms with Crippen molar-refractivity contribution >= 4 is 18.0 Å². The number of ether oxygens (including phenoxy) is 1. The smallest absolute Gasteiger partial charge is 0.428 e. The number of carbonyl (C=O) groups excluding carboxylic acids is 1. The van der Waals surface area contributed by atoms with Crippen molar-refractivity contribution in [3.05, 3.63) is 33.9 Å². The van der Waals surface area contributed by atoms with E-state index in [1.807, 2.05) is 0 Å². The highest BCUT2D eigenvalue weighted by Gasteiger charge is 2.15. The monoisotopic (exact) mass is 281 g/mol. The molecule has 0 aliphatic heterocycles. The van der Waals surface area contributed by atoms with E-state index in [9.17, 15) is 20.0 Å². The predicted molar refractivity (Wildman–Crippen MR) is 71.7 cm³/mol. The predicted octanol–water partition coefficient (Wildman–Crippen LogP) is 2.16. The van der Waals surface area contributed by atoms with Crippen LogP contribution in [0.15, 0.2) is 23.3 Å². The van der Waals surface area contributed by atoms with Gasteiger partial charge in [-0.3, -0.25) is 10.1 Å². The Morgan fingerprint density at radius 3 is 2.70 bits per heavy atom. The highest BCUT2D eigenvalue weighted by molar-refractivity contribution is 5.82. The molecule has 0 aliphatic carbocycles. The molecule has 0 heterocycles. The standard InChI is InChI=1S/C12H15N3O5/c1-12(2,3)20-11(17)14-13-7-8-4-5-10(16)9(6-8)15(18)19/h4-7,16H,1-3H3,(H,14,17)/b13-7+. The second-order valence-corrected chi connectivity index (χ2v) is 4.88. The van der Waals surface area contributed by atoms with Crippen LogP contribution in [0.25, 0.3) is 0 Å². The van der Waals surface area contributed by atoms with Crippen LogP contribution in [0.1, 0.15) is 26.3 Å². The van der Waals surface area contributed by atoms with Crippen LogP contribution in [-0.4, -0.2) is 27.9 Å². The number of hydrogen-bond donors (Lipinski definition) is 2. The summed E-state index contributed by atoms with van der Waals surface area (Å²) in [6, 6.07) is 3.73. The molecule has 0 spiro atoms. The van der Waals surface area contributed by atoms with Gasteiger partial charge in [-0.2, -0.15) is 5.10 Å². The Balaban J connectivity index is 2.70. The number of amides is 1. The van der Waals surface area contributed by atoms with Crippen LogP contribution in [0.3, 0.4) is 0 Å². The summed E-state index contributed by atoms with van der Waals surface area (Å²) < 4.78 is 4.94. The Labute approximate surface area is 115 Å². The van der Waals surface area contributed by atoms with E-state index in [0.29, 0.717) is 5.56 Å². The minimum absolute atomic E-state index is 0.352. The van der Waals surface area contributed by atoms with Gasteiger partial charge in [-0.25, -0.2) is 10.2 Å². The number of nitro groups is 1. The first kappa shape index (κ1) is 15.4. The number of hydrazone groups is 1. The molecular formula is C12H15N3O5. The molecule has 108 valence electrons. The van der Waals surface area contributed by atoms with Gasteiger partial charge in [0.1, 0.15) is 5.60 Å². The van der Waals surface area contributed by atoms with Gasteiger partial charge < -0.3 is 9.84 Å². The Hall–Kier alpha value is -2.64. The Morgan fingerprint density at radius 2 is 2.15 bits per heavy atom. The molecule has 0 aromatic heterocycles. The first-order chi connectivity index (χ1) is 9.19. The second-order valence-electron chi connectivity index (χ2n) is 4.88. The van der Waals surface area contributed by atoms with Gasteiger partial charge in [0.25, 0.3) is 0 Å². The maximum atomic E-state index is 11.3. The molecule has 0 saturated heterocycles. The molecule has 0 bridgehead atoms. The zero-order valence-corrected chi connectivity index (χ0v) is 11.3. The molecule has 1 rings (SSSR count). The van der Waals surface area contributed by atoms with Gasteiger partial charge in [0, 0.05) is 11.6 Å². The largest absolute Gasteiger partial charge is 0.502 e. The molecule has 0 radical (unpaired) electrons. The molecule has 8 heteroatoms. The third-order valence-electron chi connectivity index (χ3n) is 1.96. The van der Waals surface area contributed by atoms with Crippen molar-refractivity contribution in [1.82, 2.24) is 5.43 Å². The molecule has 0 aliphatic rings. The van der Waals surface area contributed by atoms with Gasteiger partial charge in [-0.1, -0.05) is 0 Å². The highest BCUT2D eigenvalue weighted by atomic mass is 16.6. The third kappa shape index (κ3) is 4.92. The molecule has 1 aromatic carbocycles. The first-order valence-corrected chi connectivity index (χ1v) is 5.68. The number of aromatic hydroxyl groups is 1. The number of nitrogens with one attached hydrogen (secondary N) is 1. The van der Waals surface area contributed by atoms with E-state index < -0.39 is 28.1 Å². The minimum atomic E-state index is -0.734. The van der Waals surface area contributed by atoms with E-state index in [4.69, 9.17) is 4.74 Å². The lowest BCUT2D eigenvalue weighted by atomic mass is 10.2. The Bertz CT molecular complexity index is 549. The molecule has 8 nitrogen and oxygen atoms in total. The Morgan fingerprint density at radius 1 is 1.50 bits per heavy atom. The van der Waals surface area contributed by atoms with Crippen molar-refractivity contribution in [1.29, 1.82) is 0 Å². The van der Waals surface area contributed by atoms with Crippen molar-refractivity contribution in [3.63, 3.8) is 0 Å². The summed E-state index contributed by atoms with van der Waals surface area (Å²) in [5, 5.41) is 23.5. The number of hydrogen-bond acceptors (Lipinski definition) is 6. The molecule has 0 fully saturated rings. The van der Waals surface area contributed by atoms with E-state index in [0.717, 1.165) is 6.07 Å². The Kier molecular flexibility index (Phi) is 4.63. The maximum Gasteiger partial charge on any atom is 0.428 e. The van der Waals surface area contributed by atoms with Crippen LogP contribution in [0, 0.1) is 10.1 Å².